The second-order valence-electron chi connectivity index (χ2n) is 6.64. The van der Waals surface area contributed by atoms with Gasteiger partial charge in [-0.3, -0.25) is 9.97 Å². The summed E-state index contributed by atoms with van der Waals surface area (Å²) in [5.74, 6) is 0. The van der Waals surface area contributed by atoms with Gasteiger partial charge in [-0.1, -0.05) is 36.4 Å². The molecule has 0 saturated heterocycles. The number of nitrogens with zero attached hydrogens (tertiary/aromatic N) is 4. The Morgan fingerprint density at radius 3 is 1.30 bits per heavy atom. The zero-order valence-electron chi connectivity index (χ0n) is 16.0. The number of hydrogen-bond donors (Lipinski definition) is 0. The van der Waals surface area contributed by atoms with Crippen molar-refractivity contribution in [1.82, 2.24) is 19.9 Å². The number of rotatable bonds is 2. The molecule has 4 heterocycles. The fraction of sp³-hybridized carbons (Fsp3) is 0. The summed E-state index contributed by atoms with van der Waals surface area (Å²) in [5, 5.41) is 2.64. The van der Waals surface area contributed by atoms with Gasteiger partial charge in [0.2, 0.25) is 0 Å². The highest BCUT2D eigenvalue weighted by molar-refractivity contribution is 7.40. The van der Waals surface area contributed by atoms with Crippen LogP contribution >= 0.6 is 16.4 Å². The van der Waals surface area contributed by atoms with E-state index in [1.54, 1.807) is 0 Å². The molecular weight excluding hydrogens is 406 g/mol. The maximum atomic E-state index is 4.59. The third-order valence-corrected chi connectivity index (χ3v) is 7.19. The summed E-state index contributed by atoms with van der Waals surface area (Å²) >= 11 is 0. The molecule has 0 radical (unpaired) electrons. The van der Waals surface area contributed by atoms with Crippen molar-refractivity contribution in [2.45, 2.75) is 0 Å². The van der Waals surface area contributed by atoms with Gasteiger partial charge in [-0.15, -0.1) is 16.4 Å². The molecule has 4 aromatic heterocycles. The molecule has 2 unspecified atom stereocenters. The molecule has 2 aromatic carbocycles. The molecule has 0 aliphatic heterocycles. The zero-order valence-corrected chi connectivity index (χ0v) is 18.0. The van der Waals surface area contributed by atoms with Crippen molar-refractivity contribution < 1.29 is 0 Å². The largest absolute Gasteiger partial charge is 0.254 e. The summed E-state index contributed by atoms with van der Waals surface area (Å²) in [6, 6.07) is 28.4. The zero-order chi connectivity index (χ0) is 20.2. The molecule has 0 saturated carbocycles. The summed E-state index contributed by atoms with van der Waals surface area (Å²) in [7, 11) is 1.27. The Morgan fingerprint density at radius 2 is 0.900 bits per heavy atom. The summed E-state index contributed by atoms with van der Waals surface area (Å²) in [4.78, 5) is 17.8. The van der Waals surface area contributed by atoms with Crippen LogP contribution in [0.25, 0.3) is 43.5 Å². The Bertz CT molecular complexity index is 1220. The van der Waals surface area contributed by atoms with E-state index in [4.69, 9.17) is 0 Å². The fourth-order valence-corrected chi connectivity index (χ4v) is 5.46. The molecule has 0 aliphatic carbocycles. The van der Waals surface area contributed by atoms with E-state index < -0.39 is 0 Å². The molecule has 0 aliphatic rings. The van der Waals surface area contributed by atoms with Crippen molar-refractivity contribution in [1.29, 1.82) is 0 Å². The number of pyridine rings is 2. The van der Waals surface area contributed by atoms with E-state index >= 15 is 0 Å². The lowest BCUT2D eigenvalue weighted by Gasteiger charge is -1.92. The van der Waals surface area contributed by atoms with E-state index in [1.165, 1.54) is 10.2 Å². The Morgan fingerprint density at radius 1 is 0.467 bits per heavy atom. The number of hydrogen-bond acceptors (Lipinski definition) is 4. The van der Waals surface area contributed by atoms with Crippen LogP contribution in [-0.4, -0.2) is 19.9 Å². The van der Waals surface area contributed by atoms with Crippen molar-refractivity contribution in [3.63, 3.8) is 0 Å². The second-order valence-corrected chi connectivity index (χ2v) is 9.16. The third-order valence-electron chi connectivity index (χ3n) is 4.59. The first-order valence-electron chi connectivity index (χ1n) is 9.59. The normalized spacial score (nSPS) is 11.2. The first kappa shape index (κ1) is 18.7. The van der Waals surface area contributed by atoms with Crippen molar-refractivity contribution in [3.8, 4) is 22.2 Å². The first-order chi connectivity index (χ1) is 14.9. The van der Waals surface area contributed by atoms with Crippen molar-refractivity contribution in [3.05, 3.63) is 97.3 Å². The summed E-state index contributed by atoms with van der Waals surface area (Å²) in [6.45, 7) is 0. The summed E-state index contributed by atoms with van der Waals surface area (Å²) in [5.41, 5.74) is 6.36. The molecule has 6 rings (SSSR count). The monoisotopic (exact) mass is 424 g/mol. The Kier molecular flexibility index (Phi) is 5.35. The van der Waals surface area contributed by atoms with Crippen LogP contribution in [-0.2, 0) is 0 Å². The van der Waals surface area contributed by atoms with Gasteiger partial charge in [-0.2, -0.15) is 0 Å². The molecule has 4 nitrogen and oxygen atoms in total. The molecule has 144 valence electrons. The van der Waals surface area contributed by atoms with Gasteiger partial charge in [-0.05, 0) is 48.5 Å². The summed E-state index contributed by atoms with van der Waals surface area (Å²) in [6.07, 6.45) is 3.62. The predicted octanol–water partition coefficient (Wildman–Crippen LogP) is 6.66. The molecular formula is C24H18N4P2. The third kappa shape index (κ3) is 4.02. The van der Waals surface area contributed by atoms with Crippen LogP contribution in [0.3, 0.4) is 0 Å². The molecule has 0 bridgehead atoms. The lowest BCUT2D eigenvalue weighted by molar-refractivity contribution is 1.31. The van der Waals surface area contributed by atoms with Crippen LogP contribution in [0.2, 0.25) is 0 Å². The maximum Gasteiger partial charge on any atom is 0.106 e. The van der Waals surface area contributed by atoms with Crippen LogP contribution < -0.4 is 0 Å². The van der Waals surface area contributed by atoms with E-state index in [9.17, 15) is 0 Å². The van der Waals surface area contributed by atoms with Gasteiger partial charge in [-0.25, -0.2) is 9.97 Å². The number of aromatic nitrogens is 4. The van der Waals surface area contributed by atoms with E-state index in [0.717, 1.165) is 33.3 Å². The Labute approximate surface area is 177 Å². The molecule has 2 atom stereocenters. The van der Waals surface area contributed by atoms with Crippen LogP contribution in [0.4, 0.5) is 0 Å². The van der Waals surface area contributed by atoms with Gasteiger partial charge < -0.3 is 0 Å². The smallest absolute Gasteiger partial charge is 0.106 e. The van der Waals surface area contributed by atoms with Crippen LogP contribution in [0, 0.1) is 0 Å². The van der Waals surface area contributed by atoms with E-state index in [2.05, 4.69) is 56.3 Å². The number of fused-ring (bicyclic) bond motifs is 2. The van der Waals surface area contributed by atoms with Gasteiger partial charge >= 0.3 is 0 Å². The van der Waals surface area contributed by atoms with Crippen molar-refractivity contribution in [2.75, 3.05) is 0 Å². The Hall–Kier alpha value is -3.32. The topological polar surface area (TPSA) is 51.6 Å². The molecule has 0 spiro atoms. The molecule has 6 heteroatoms. The highest BCUT2D eigenvalue weighted by Crippen LogP contribution is 2.33. The fourth-order valence-electron chi connectivity index (χ4n) is 3.15. The molecule has 0 N–H and O–H groups in total. The van der Waals surface area contributed by atoms with Crippen LogP contribution in [0.5, 0.6) is 0 Å². The van der Waals surface area contributed by atoms with E-state index in [-0.39, 0.29) is 0 Å². The average Bonchev–Trinajstić information content (AvgIpc) is 3.45. The molecule has 30 heavy (non-hydrogen) atoms. The van der Waals surface area contributed by atoms with Crippen LogP contribution in [0.15, 0.2) is 97.3 Å². The first-order valence-corrected chi connectivity index (χ1v) is 11.6. The minimum Gasteiger partial charge on any atom is -0.254 e. The van der Waals surface area contributed by atoms with Gasteiger partial charge in [0, 0.05) is 22.6 Å². The average molecular weight is 424 g/mol. The van der Waals surface area contributed by atoms with E-state index in [0.29, 0.717) is 16.4 Å². The lowest BCUT2D eigenvalue weighted by atomic mass is 10.3. The predicted molar refractivity (Wildman–Crippen MR) is 129 cm³/mol. The van der Waals surface area contributed by atoms with Gasteiger partial charge in [0.15, 0.2) is 0 Å². The molecule has 6 aromatic rings. The van der Waals surface area contributed by atoms with Crippen LogP contribution in [0.1, 0.15) is 0 Å². The second kappa shape index (κ2) is 8.59. The standard InChI is InChI=1S/2C12H9N2P/c2*1-2-7-11-9(5-1)14-12(15-11)10-6-3-4-8-13-10/h2*1-8,15H. The van der Waals surface area contributed by atoms with Gasteiger partial charge in [0.1, 0.15) is 10.9 Å². The molecule has 0 amide bonds. The number of benzene rings is 2. The maximum absolute atomic E-state index is 4.59. The van der Waals surface area contributed by atoms with Crippen molar-refractivity contribution >= 4 is 37.7 Å². The highest BCUT2D eigenvalue weighted by Gasteiger charge is 2.05. The van der Waals surface area contributed by atoms with E-state index in [1.807, 2.05) is 60.9 Å². The van der Waals surface area contributed by atoms with Gasteiger partial charge in [0.05, 0.1) is 22.4 Å². The van der Waals surface area contributed by atoms with Gasteiger partial charge in [0.25, 0.3) is 0 Å². The quantitative estimate of drug-likeness (QED) is 0.312. The highest BCUT2D eigenvalue weighted by atomic mass is 31.0. The molecule has 0 fully saturated rings. The number of para-hydroxylation sites is 2. The SMILES string of the molecule is c1ccc(-c2nc3ccccc3[pH]2)nc1.c1ccc(-c2nc3ccccc3[pH]2)nc1. The Balaban J connectivity index is 0.000000128. The summed E-state index contributed by atoms with van der Waals surface area (Å²) < 4.78 is 0. The minimum atomic E-state index is 0.636. The minimum absolute atomic E-state index is 0.636. The lowest BCUT2D eigenvalue weighted by Crippen LogP contribution is -1.78. The van der Waals surface area contributed by atoms with Crippen molar-refractivity contribution in [2.24, 2.45) is 0 Å².